The van der Waals surface area contributed by atoms with E-state index in [1.54, 1.807) is 24.3 Å². The van der Waals surface area contributed by atoms with Crippen LogP contribution in [0.25, 0.3) is 0 Å². The van der Waals surface area contributed by atoms with E-state index in [1.165, 1.54) is 11.4 Å². The minimum Gasteiger partial charge on any atom is -0.326 e. The SMILES string of the molecule is CN1CCC(C(=O)Nc2cccc(N(C)S(C)(=O)=O)c2)CC1. The molecule has 1 aliphatic rings. The summed E-state index contributed by atoms with van der Waals surface area (Å²) in [6, 6.07) is 6.88. The Bertz CT molecular complexity index is 637. The summed E-state index contributed by atoms with van der Waals surface area (Å²) in [7, 11) is 0.235. The molecule has 1 aromatic rings. The largest absolute Gasteiger partial charge is 0.326 e. The van der Waals surface area contributed by atoms with Crippen LogP contribution in [0, 0.1) is 5.92 Å². The molecular formula is C15H23N3O3S. The Balaban J connectivity index is 2.06. The van der Waals surface area contributed by atoms with Crippen LogP contribution in [0.3, 0.4) is 0 Å². The van der Waals surface area contributed by atoms with Gasteiger partial charge in [-0.3, -0.25) is 9.10 Å². The first-order valence-corrected chi connectivity index (χ1v) is 9.15. The highest BCUT2D eigenvalue weighted by Gasteiger charge is 2.23. The third-order valence-electron chi connectivity index (χ3n) is 4.06. The molecule has 0 unspecified atom stereocenters. The highest BCUT2D eigenvalue weighted by molar-refractivity contribution is 7.92. The smallest absolute Gasteiger partial charge is 0.231 e. The molecule has 1 N–H and O–H groups in total. The van der Waals surface area contributed by atoms with Gasteiger partial charge in [0.05, 0.1) is 11.9 Å². The lowest BCUT2D eigenvalue weighted by Gasteiger charge is -2.28. The van der Waals surface area contributed by atoms with Gasteiger partial charge in [-0.1, -0.05) is 6.07 Å². The average Bonchev–Trinajstić information content (AvgIpc) is 2.46. The molecule has 1 amide bonds. The van der Waals surface area contributed by atoms with E-state index in [-0.39, 0.29) is 11.8 Å². The van der Waals surface area contributed by atoms with Crippen LogP contribution in [0.15, 0.2) is 24.3 Å². The van der Waals surface area contributed by atoms with Gasteiger partial charge in [0.15, 0.2) is 0 Å². The van der Waals surface area contributed by atoms with Crippen molar-refractivity contribution in [3.63, 3.8) is 0 Å². The Labute approximate surface area is 132 Å². The fourth-order valence-electron chi connectivity index (χ4n) is 2.49. The molecule has 2 rings (SSSR count). The quantitative estimate of drug-likeness (QED) is 0.907. The normalized spacial score (nSPS) is 17.2. The summed E-state index contributed by atoms with van der Waals surface area (Å²) in [5, 5.41) is 2.89. The minimum absolute atomic E-state index is 0.00672. The van der Waals surface area contributed by atoms with E-state index in [4.69, 9.17) is 0 Å². The second kappa shape index (κ2) is 6.66. The van der Waals surface area contributed by atoms with Gasteiger partial charge >= 0.3 is 0 Å². The number of amides is 1. The summed E-state index contributed by atoms with van der Waals surface area (Å²) in [6.45, 7) is 1.85. The number of benzene rings is 1. The summed E-state index contributed by atoms with van der Waals surface area (Å²) < 4.78 is 24.3. The Hall–Kier alpha value is -1.60. The first-order valence-electron chi connectivity index (χ1n) is 7.31. The van der Waals surface area contributed by atoms with Crippen molar-refractivity contribution >= 4 is 27.3 Å². The Morgan fingerprint density at radius 1 is 1.32 bits per heavy atom. The molecule has 1 aromatic carbocycles. The van der Waals surface area contributed by atoms with Gasteiger partial charge < -0.3 is 10.2 Å². The van der Waals surface area contributed by atoms with Crippen molar-refractivity contribution in [1.82, 2.24) is 4.90 Å². The van der Waals surface area contributed by atoms with Gasteiger partial charge in [0.25, 0.3) is 0 Å². The van der Waals surface area contributed by atoms with Crippen molar-refractivity contribution in [2.45, 2.75) is 12.8 Å². The number of likely N-dealkylation sites (tertiary alicyclic amines) is 1. The highest BCUT2D eigenvalue weighted by atomic mass is 32.2. The number of carbonyl (C=O) groups is 1. The fraction of sp³-hybridized carbons (Fsp3) is 0.533. The monoisotopic (exact) mass is 325 g/mol. The van der Waals surface area contributed by atoms with Crippen molar-refractivity contribution < 1.29 is 13.2 Å². The van der Waals surface area contributed by atoms with E-state index in [9.17, 15) is 13.2 Å². The predicted molar refractivity (Wildman–Crippen MR) is 88.5 cm³/mol. The molecule has 22 heavy (non-hydrogen) atoms. The Morgan fingerprint density at radius 3 is 2.55 bits per heavy atom. The summed E-state index contributed by atoms with van der Waals surface area (Å²) in [4.78, 5) is 14.5. The summed E-state index contributed by atoms with van der Waals surface area (Å²) in [5.74, 6) is 0.0275. The van der Waals surface area contributed by atoms with Crippen molar-refractivity contribution in [3.8, 4) is 0 Å². The van der Waals surface area contributed by atoms with Crippen molar-refractivity contribution in [2.75, 3.05) is 43.1 Å². The van der Waals surface area contributed by atoms with Crippen LogP contribution >= 0.6 is 0 Å². The standard InChI is InChI=1S/C15H23N3O3S/c1-17-9-7-12(8-10-17)15(19)16-13-5-4-6-14(11-13)18(2)22(3,20)21/h4-6,11-12H,7-10H2,1-3H3,(H,16,19). The maximum atomic E-state index is 12.3. The minimum atomic E-state index is -3.31. The maximum Gasteiger partial charge on any atom is 0.231 e. The lowest BCUT2D eigenvalue weighted by molar-refractivity contribution is -0.121. The van der Waals surface area contributed by atoms with E-state index in [0.29, 0.717) is 11.4 Å². The topological polar surface area (TPSA) is 69.7 Å². The molecule has 0 atom stereocenters. The zero-order valence-corrected chi connectivity index (χ0v) is 14.1. The van der Waals surface area contributed by atoms with E-state index in [1.807, 2.05) is 0 Å². The van der Waals surface area contributed by atoms with Crippen LogP contribution in [0.1, 0.15) is 12.8 Å². The number of nitrogens with one attached hydrogen (secondary N) is 1. The zero-order valence-electron chi connectivity index (χ0n) is 13.2. The predicted octanol–water partition coefficient (Wildman–Crippen LogP) is 1.36. The third-order valence-corrected chi connectivity index (χ3v) is 5.27. The molecule has 0 aromatic heterocycles. The zero-order chi connectivity index (χ0) is 16.3. The molecule has 0 radical (unpaired) electrons. The molecule has 1 fully saturated rings. The van der Waals surface area contributed by atoms with Crippen LogP contribution < -0.4 is 9.62 Å². The molecule has 0 saturated carbocycles. The van der Waals surface area contributed by atoms with Gasteiger partial charge in [-0.05, 0) is 51.2 Å². The van der Waals surface area contributed by atoms with Crippen molar-refractivity contribution in [3.05, 3.63) is 24.3 Å². The Kier molecular flexibility index (Phi) is 5.08. The molecule has 0 aliphatic carbocycles. The van der Waals surface area contributed by atoms with Crippen molar-refractivity contribution in [1.29, 1.82) is 0 Å². The molecule has 1 saturated heterocycles. The van der Waals surface area contributed by atoms with Crippen molar-refractivity contribution in [2.24, 2.45) is 5.92 Å². The lowest BCUT2D eigenvalue weighted by atomic mass is 9.96. The lowest BCUT2D eigenvalue weighted by Crippen LogP contribution is -2.35. The van der Waals surface area contributed by atoms with E-state index >= 15 is 0 Å². The number of carbonyl (C=O) groups excluding carboxylic acids is 1. The molecule has 1 heterocycles. The molecule has 0 spiro atoms. The van der Waals surface area contributed by atoms with Gasteiger partial charge in [0.2, 0.25) is 15.9 Å². The number of sulfonamides is 1. The number of piperidine rings is 1. The van der Waals surface area contributed by atoms with Gasteiger partial charge in [-0.25, -0.2) is 8.42 Å². The van der Waals surface area contributed by atoms with Gasteiger partial charge in [-0.15, -0.1) is 0 Å². The number of anilines is 2. The molecule has 6 nitrogen and oxygen atoms in total. The Morgan fingerprint density at radius 2 is 1.95 bits per heavy atom. The maximum absolute atomic E-state index is 12.3. The number of hydrogen-bond donors (Lipinski definition) is 1. The summed E-state index contributed by atoms with van der Waals surface area (Å²) >= 11 is 0. The fourth-order valence-corrected chi connectivity index (χ4v) is 2.98. The number of rotatable bonds is 4. The summed E-state index contributed by atoms with van der Waals surface area (Å²) in [5.41, 5.74) is 1.15. The molecule has 122 valence electrons. The molecule has 1 aliphatic heterocycles. The number of nitrogens with zero attached hydrogens (tertiary/aromatic N) is 2. The van der Waals surface area contributed by atoms with Gasteiger partial charge in [-0.2, -0.15) is 0 Å². The second-order valence-electron chi connectivity index (χ2n) is 5.85. The molecule has 0 bridgehead atoms. The highest BCUT2D eigenvalue weighted by Crippen LogP contribution is 2.22. The van der Waals surface area contributed by atoms with Crippen LogP contribution in [0.2, 0.25) is 0 Å². The average molecular weight is 325 g/mol. The van der Waals surface area contributed by atoms with Crippen LogP contribution in [0.5, 0.6) is 0 Å². The van der Waals surface area contributed by atoms with Crippen LogP contribution in [0.4, 0.5) is 11.4 Å². The number of hydrogen-bond acceptors (Lipinski definition) is 4. The van der Waals surface area contributed by atoms with Gasteiger partial charge in [0.1, 0.15) is 0 Å². The van der Waals surface area contributed by atoms with E-state index in [0.717, 1.165) is 32.2 Å². The van der Waals surface area contributed by atoms with Crippen LogP contribution in [-0.2, 0) is 14.8 Å². The summed E-state index contributed by atoms with van der Waals surface area (Å²) in [6.07, 6.45) is 2.85. The van der Waals surface area contributed by atoms with Gasteiger partial charge in [0, 0.05) is 18.7 Å². The molecule has 7 heteroatoms. The first kappa shape index (κ1) is 16.8. The van der Waals surface area contributed by atoms with E-state index in [2.05, 4.69) is 17.3 Å². The second-order valence-corrected chi connectivity index (χ2v) is 7.86. The first-order chi connectivity index (χ1) is 10.3. The molecular weight excluding hydrogens is 302 g/mol. The van der Waals surface area contributed by atoms with E-state index < -0.39 is 10.0 Å². The van der Waals surface area contributed by atoms with Crippen LogP contribution in [-0.4, -0.2) is 52.7 Å². The third kappa shape index (κ3) is 4.20.